The summed E-state index contributed by atoms with van der Waals surface area (Å²) in [5.74, 6) is 1.06. The molecule has 1 atom stereocenters. The standard InChI is InChI=1S/C22H30N2O4/c1-16(25)23(2)18-9-11-22(12-10-18)15-24(21(26)20-8-5-13-27-20)14-17-6-3-4-7-19(17)28-22/h3-4,6-7,18,20H,5,8-15H2,1-2H3/t18?,20-,22?/m0/s1. The van der Waals surface area contributed by atoms with Gasteiger partial charge in [0, 0.05) is 38.7 Å². The van der Waals surface area contributed by atoms with Gasteiger partial charge in [-0.1, -0.05) is 18.2 Å². The van der Waals surface area contributed by atoms with E-state index in [1.54, 1.807) is 6.92 Å². The lowest BCUT2D eigenvalue weighted by molar-refractivity contribution is -0.145. The Kier molecular flexibility index (Phi) is 5.32. The first-order valence-electron chi connectivity index (χ1n) is 10.4. The van der Waals surface area contributed by atoms with Gasteiger partial charge in [0.05, 0.1) is 6.54 Å². The molecule has 152 valence electrons. The van der Waals surface area contributed by atoms with Gasteiger partial charge < -0.3 is 19.3 Å². The number of fused-ring (bicyclic) bond motifs is 1. The minimum absolute atomic E-state index is 0.0835. The molecule has 6 heteroatoms. The lowest BCUT2D eigenvalue weighted by Crippen LogP contribution is -2.53. The third kappa shape index (κ3) is 3.75. The second kappa shape index (κ2) is 7.74. The molecule has 0 aromatic heterocycles. The molecular formula is C22H30N2O4. The fourth-order valence-electron chi connectivity index (χ4n) is 4.77. The van der Waals surface area contributed by atoms with Gasteiger partial charge in [-0.05, 0) is 44.6 Å². The number of rotatable bonds is 2. The van der Waals surface area contributed by atoms with E-state index in [-0.39, 0.29) is 24.0 Å². The lowest BCUT2D eigenvalue weighted by atomic mass is 9.81. The van der Waals surface area contributed by atoms with Crippen LogP contribution < -0.4 is 4.74 Å². The molecule has 2 amide bonds. The Labute approximate surface area is 166 Å². The van der Waals surface area contributed by atoms with E-state index in [4.69, 9.17) is 9.47 Å². The average molecular weight is 386 g/mol. The Balaban J connectivity index is 1.57. The zero-order valence-electron chi connectivity index (χ0n) is 16.9. The summed E-state index contributed by atoms with van der Waals surface area (Å²) in [6, 6.07) is 8.27. The van der Waals surface area contributed by atoms with Crippen LogP contribution in [0.2, 0.25) is 0 Å². The molecule has 1 saturated heterocycles. The Morgan fingerprint density at radius 1 is 1.18 bits per heavy atom. The van der Waals surface area contributed by atoms with Crippen molar-refractivity contribution >= 4 is 11.8 Å². The molecule has 1 aromatic carbocycles. The van der Waals surface area contributed by atoms with Crippen molar-refractivity contribution in [1.82, 2.24) is 9.80 Å². The maximum Gasteiger partial charge on any atom is 0.252 e. The van der Waals surface area contributed by atoms with Gasteiger partial charge in [-0.2, -0.15) is 0 Å². The summed E-state index contributed by atoms with van der Waals surface area (Å²) in [7, 11) is 1.88. The van der Waals surface area contributed by atoms with Crippen molar-refractivity contribution in [2.75, 3.05) is 20.2 Å². The van der Waals surface area contributed by atoms with Crippen molar-refractivity contribution in [3.63, 3.8) is 0 Å². The molecule has 2 aliphatic heterocycles. The highest BCUT2D eigenvalue weighted by Crippen LogP contribution is 2.39. The van der Waals surface area contributed by atoms with Gasteiger partial charge in [0.1, 0.15) is 17.5 Å². The molecular weight excluding hydrogens is 356 g/mol. The second-order valence-corrected chi connectivity index (χ2v) is 8.45. The van der Waals surface area contributed by atoms with Crippen molar-refractivity contribution < 1.29 is 19.1 Å². The lowest BCUT2D eigenvalue weighted by Gasteiger charge is -2.43. The minimum atomic E-state index is -0.394. The molecule has 1 aromatic rings. The molecule has 1 saturated carbocycles. The fraction of sp³-hybridized carbons (Fsp3) is 0.636. The Hall–Kier alpha value is -2.08. The number of hydrogen-bond acceptors (Lipinski definition) is 4. The quantitative estimate of drug-likeness (QED) is 0.784. The number of benzene rings is 1. The number of hydrogen-bond donors (Lipinski definition) is 0. The summed E-state index contributed by atoms with van der Waals surface area (Å²) < 4.78 is 12.3. The fourth-order valence-corrected chi connectivity index (χ4v) is 4.77. The predicted octanol–water partition coefficient (Wildman–Crippen LogP) is 2.75. The van der Waals surface area contributed by atoms with Crippen molar-refractivity contribution in [3.05, 3.63) is 29.8 Å². The average Bonchev–Trinajstić information content (AvgIpc) is 3.18. The number of ether oxygens (including phenoxy) is 2. The third-order valence-corrected chi connectivity index (χ3v) is 6.57. The predicted molar refractivity (Wildman–Crippen MR) is 105 cm³/mol. The molecule has 4 rings (SSSR count). The summed E-state index contributed by atoms with van der Waals surface area (Å²) >= 11 is 0. The first kappa shape index (κ1) is 19.2. The summed E-state index contributed by atoms with van der Waals surface area (Å²) in [6.45, 7) is 3.43. The van der Waals surface area contributed by atoms with Crippen LogP contribution in [0.1, 0.15) is 51.0 Å². The van der Waals surface area contributed by atoms with Gasteiger partial charge in [0.2, 0.25) is 5.91 Å². The molecule has 3 aliphatic rings. The van der Waals surface area contributed by atoms with Crippen molar-refractivity contribution in [1.29, 1.82) is 0 Å². The largest absolute Gasteiger partial charge is 0.485 e. The molecule has 0 unspecified atom stereocenters. The number of amides is 2. The Bertz CT molecular complexity index is 736. The van der Waals surface area contributed by atoms with E-state index in [1.807, 2.05) is 41.1 Å². The molecule has 28 heavy (non-hydrogen) atoms. The van der Waals surface area contributed by atoms with Gasteiger partial charge in [-0.3, -0.25) is 9.59 Å². The van der Waals surface area contributed by atoms with E-state index in [0.29, 0.717) is 19.7 Å². The van der Waals surface area contributed by atoms with Gasteiger partial charge in [0.15, 0.2) is 0 Å². The van der Waals surface area contributed by atoms with Crippen molar-refractivity contribution in [3.8, 4) is 5.75 Å². The minimum Gasteiger partial charge on any atom is -0.485 e. The highest BCUT2D eigenvalue weighted by atomic mass is 16.5. The van der Waals surface area contributed by atoms with E-state index in [1.165, 1.54) is 0 Å². The van der Waals surface area contributed by atoms with Crippen LogP contribution in [-0.2, 0) is 20.9 Å². The van der Waals surface area contributed by atoms with Gasteiger partial charge >= 0.3 is 0 Å². The Morgan fingerprint density at radius 3 is 2.61 bits per heavy atom. The molecule has 1 aliphatic carbocycles. The second-order valence-electron chi connectivity index (χ2n) is 8.45. The summed E-state index contributed by atoms with van der Waals surface area (Å²) in [5.41, 5.74) is 0.656. The summed E-state index contributed by atoms with van der Waals surface area (Å²) in [5, 5.41) is 0. The molecule has 0 bridgehead atoms. The van der Waals surface area contributed by atoms with Crippen LogP contribution in [0.3, 0.4) is 0 Å². The van der Waals surface area contributed by atoms with Crippen LogP contribution >= 0.6 is 0 Å². The van der Waals surface area contributed by atoms with Gasteiger partial charge in [-0.25, -0.2) is 0 Å². The molecule has 1 spiro atoms. The van der Waals surface area contributed by atoms with Crippen LogP contribution in [0, 0.1) is 0 Å². The van der Waals surface area contributed by atoms with Crippen LogP contribution in [0.15, 0.2) is 24.3 Å². The number of carbonyl (C=O) groups is 2. The Morgan fingerprint density at radius 2 is 1.93 bits per heavy atom. The zero-order valence-corrected chi connectivity index (χ0v) is 16.9. The van der Waals surface area contributed by atoms with E-state index >= 15 is 0 Å². The first-order chi connectivity index (χ1) is 13.5. The SMILES string of the molecule is CC(=O)N(C)C1CCC2(CC1)CN(C(=O)[C@@H]1CCCO1)Cc1ccccc1O2. The smallest absolute Gasteiger partial charge is 0.252 e. The topological polar surface area (TPSA) is 59.1 Å². The maximum absolute atomic E-state index is 13.1. The third-order valence-electron chi connectivity index (χ3n) is 6.57. The normalized spacial score (nSPS) is 29.7. The molecule has 6 nitrogen and oxygen atoms in total. The van der Waals surface area contributed by atoms with Gasteiger partial charge in [-0.15, -0.1) is 0 Å². The highest BCUT2D eigenvalue weighted by molar-refractivity contribution is 5.81. The van der Waals surface area contributed by atoms with Gasteiger partial charge in [0.25, 0.3) is 5.91 Å². The van der Waals surface area contributed by atoms with Crippen LogP contribution in [0.25, 0.3) is 0 Å². The van der Waals surface area contributed by atoms with E-state index in [0.717, 1.165) is 49.8 Å². The maximum atomic E-state index is 13.1. The zero-order chi connectivity index (χ0) is 19.7. The van der Waals surface area contributed by atoms with Crippen molar-refractivity contribution in [2.24, 2.45) is 0 Å². The monoisotopic (exact) mass is 386 g/mol. The highest BCUT2D eigenvalue weighted by Gasteiger charge is 2.44. The number of para-hydroxylation sites is 1. The van der Waals surface area contributed by atoms with Crippen LogP contribution in [0.4, 0.5) is 0 Å². The first-order valence-corrected chi connectivity index (χ1v) is 10.4. The van der Waals surface area contributed by atoms with Crippen LogP contribution in [-0.4, -0.2) is 59.6 Å². The van der Waals surface area contributed by atoms with Crippen LogP contribution in [0.5, 0.6) is 5.75 Å². The summed E-state index contributed by atoms with van der Waals surface area (Å²) in [6.07, 6.45) is 4.87. The summed E-state index contributed by atoms with van der Waals surface area (Å²) in [4.78, 5) is 28.7. The van der Waals surface area contributed by atoms with E-state index in [2.05, 4.69) is 0 Å². The number of carbonyl (C=O) groups excluding carboxylic acids is 2. The molecule has 2 heterocycles. The number of nitrogens with zero attached hydrogens (tertiary/aromatic N) is 2. The van der Waals surface area contributed by atoms with E-state index in [9.17, 15) is 9.59 Å². The molecule has 2 fully saturated rings. The van der Waals surface area contributed by atoms with E-state index < -0.39 is 5.60 Å². The molecule has 0 N–H and O–H groups in total. The molecule has 0 radical (unpaired) electrons. The van der Waals surface area contributed by atoms with Crippen molar-refractivity contribution in [2.45, 2.75) is 69.7 Å².